The van der Waals surface area contributed by atoms with Crippen LogP contribution in [0.2, 0.25) is 0 Å². The Morgan fingerprint density at radius 1 is 0.950 bits per heavy atom. The Hall–Kier alpha value is -1.94. The van der Waals surface area contributed by atoms with Crippen LogP contribution in [0.5, 0.6) is 5.75 Å². The van der Waals surface area contributed by atoms with Gasteiger partial charge in [-0.25, -0.2) is 0 Å². The molecule has 0 radical (unpaired) electrons. The molecule has 0 N–H and O–H groups in total. The van der Waals surface area contributed by atoms with Crippen molar-refractivity contribution in [1.29, 1.82) is 0 Å². The van der Waals surface area contributed by atoms with E-state index in [1.807, 2.05) is 6.07 Å². The summed E-state index contributed by atoms with van der Waals surface area (Å²) in [4.78, 5) is 0. The highest BCUT2D eigenvalue weighted by Gasteiger charge is 1.97. The largest absolute Gasteiger partial charge is 0.497 e. The van der Waals surface area contributed by atoms with Gasteiger partial charge in [0, 0.05) is 12.0 Å². The van der Waals surface area contributed by atoms with Crippen LogP contribution in [-0.2, 0) is 0 Å². The number of ether oxygens (including phenoxy) is 1. The molecule has 1 heteroatoms. The summed E-state index contributed by atoms with van der Waals surface area (Å²) in [7, 11) is 1.69. The van der Waals surface area contributed by atoms with Crippen LogP contribution in [0.15, 0.2) is 36.4 Å². The summed E-state index contributed by atoms with van der Waals surface area (Å²) in [5.74, 6) is 7.43. The molecular weight excluding hydrogens is 244 g/mol. The molecule has 0 aromatic heterocycles. The smallest absolute Gasteiger partial charge is 0.119 e. The molecule has 0 bridgehead atoms. The molecule has 2 rings (SSSR count). The van der Waals surface area contributed by atoms with Gasteiger partial charge < -0.3 is 4.74 Å². The summed E-state index contributed by atoms with van der Waals surface area (Å²) in [5, 5.41) is 2.40. The van der Waals surface area contributed by atoms with Gasteiger partial charge in [-0.1, -0.05) is 50.2 Å². The van der Waals surface area contributed by atoms with E-state index in [0.717, 1.165) is 17.7 Å². The first-order valence-corrected chi connectivity index (χ1v) is 7.40. The van der Waals surface area contributed by atoms with Crippen LogP contribution in [0.1, 0.15) is 44.6 Å². The molecule has 0 spiro atoms. The number of fused-ring (bicyclic) bond motifs is 1. The Morgan fingerprint density at radius 2 is 1.75 bits per heavy atom. The number of methoxy groups -OCH3 is 1. The molecule has 0 saturated carbocycles. The third-order valence-corrected chi connectivity index (χ3v) is 3.44. The fraction of sp³-hybridized carbons (Fsp3) is 0.368. The zero-order valence-electron chi connectivity index (χ0n) is 12.4. The summed E-state index contributed by atoms with van der Waals surface area (Å²) in [6.07, 6.45) is 6.11. The first-order valence-electron chi connectivity index (χ1n) is 7.40. The lowest BCUT2D eigenvalue weighted by Crippen LogP contribution is -1.83. The highest BCUT2D eigenvalue weighted by atomic mass is 16.5. The first-order chi connectivity index (χ1) is 9.83. The number of rotatable bonds is 5. The Kier molecular flexibility index (Phi) is 5.50. The summed E-state index contributed by atoms with van der Waals surface area (Å²) >= 11 is 0. The number of hydrogen-bond donors (Lipinski definition) is 0. The topological polar surface area (TPSA) is 9.23 Å². The van der Waals surface area contributed by atoms with Gasteiger partial charge in [-0.15, -0.1) is 0 Å². The average Bonchev–Trinajstić information content (AvgIpc) is 2.50. The van der Waals surface area contributed by atoms with E-state index in [9.17, 15) is 0 Å². The minimum atomic E-state index is 0.896. The van der Waals surface area contributed by atoms with Crippen molar-refractivity contribution in [2.75, 3.05) is 7.11 Å². The lowest BCUT2D eigenvalue weighted by Gasteiger charge is -2.02. The van der Waals surface area contributed by atoms with E-state index in [1.165, 1.54) is 36.5 Å². The Balaban J connectivity index is 2.03. The molecule has 2 aromatic carbocycles. The van der Waals surface area contributed by atoms with Crippen LogP contribution in [0.4, 0.5) is 0 Å². The Morgan fingerprint density at radius 3 is 2.55 bits per heavy atom. The minimum absolute atomic E-state index is 0.896. The predicted molar refractivity (Wildman–Crippen MR) is 86.1 cm³/mol. The zero-order chi connectivity index (χ0) is 14.2. The van der Waals surface area contributed by atoms with Gasteiger partial charge in [0.25, 0.3) is 0 Å². The van der Waals surface area contributed by atoms with E-state index < -0.39 is 0 Å². The van der Waals surface area contributed by atoms with Gasteiger partial charge >= 0.3 is 0 Å². The van der Waals surface area contributed by atoms with Crippen LogP contribution < -0.4 is 4.74 Å². The third-order valence-electron chi connectivity index (χ3n) is 3.44. The Labute approximate surface area is 122 Å². The van der Waals surface area contributed by atoms with Gasteiger partial charge in [0.05, 0.1) is 7.11 Å². The van der Waals surface area contributed by atoms with Crippen molar-refractivity contribution in [3.63, 3.8) is 0 Å². The molecule has 0 unspecified atom stereocenters. The van der Waals surface area contributed by atoms with Crippen molar-refractivity contribution >= 4 is 10.8 Å². The van der Waals surface area contributed by atoms with Crippen molar-refractivity contribution in [3.05, 3.63) is 42.0 Å². The second kappa shape index (κ2) is 7.60. The highest BCUT2D eigenvalue weighted by molar-refractivity contribution is 5.85. The summed E-state index contributed by atoms with van der Waals surface area (Å²) in [6.45, 7) is 2.23. The molecule has 0 atom stereocenters. The van der Waals surface area contributed by atoms with Gasteiger partial charge in [0.1, 0.15) is 5.75 Å². The number of benzene rings is 2. The van der Waals surface area contributed by atoms with Crippen LogP contribution in [0.3, 0.4) is 0 Å². The normalized spacial score (nSPS) is 10.1. The van der Waals surface area contributed by atoms with E-state index in [4.69, 9.17) is 4.74 Å². The maximum atomic E-state index is 5.24. The lowest BCUT2D eigenvalue weighted by atomic mass is 10.1. The fourth-order valence-electron chi connectivity index (χ4n) is 2.23. The SMILES string of the molecule is CCCCCCC#Cc1ccc2cc(OC)ccc2c1. The second-order valence-electron chi connectivity index (χ2n) is 5.04. The number of unbranched alkanes of at least 4 members (excludes halogenated alkanes) is 4. The van der Waals surface area contributed by atoms with Crippen molar-refractivity contribution in [2.45, 2.75) is 39.0 Å². The lowest BCUT2D eigenvalue weighted by molar-refractivity contribution is 0.415. The van der Waals surface area contributed by atoms with E-state index in [-0.39, 0.29) is 0 Å². The standard InChI is InChI=1S/C19H22O/c1-3-4-5-6-7-8-9-16-10-11-18-15-19(20-2)13-12-17(18)14-16/h10-15H,3-7H2,1-2H3. The number of hydrogen-bond acceptors (Lipinski definition) is 1. The van der Waals surface area contributed by atoms with Gasteiger partial charge in [0.2, 0.25) is 0 Å². The molecule has 0 heterocycles. The summed E-state index contributed by atoms with van der Waals surface area (Å²) < 4.78 is 5.24. The van der Waals surface area contributed by atoms with Gasteiger partial charge in [0.15, 0.2) is 0 Å². The van der Waals surface area contributed by atoms with Crippen LogP contribution in [0.25, 0.3) is 10.8 Å². The average molecular weight is 266 g/mol. The van der Waals surface area contributed by atoms with E-state index in [1.54, 1.807) is 7.11 Å². The van der Waals surface area contributed by atoms with Crippen LogP contribution in [0, 0.1) is 11.8 Å². The maximum Gasteiger partial charge on any atom is 0.119 e. The van der Waals surface area contributed by atoms with Crippen LogP contribution >= 0.6 is 0 Å². The quantitative estimate of drug-likeness (QED) is 0.536. The van der Waals surface area contributed by atoms with Crippen molar-refractivity contribution in [1.82, 2.24) is 0 Å². The molecule has 0 saturated heterocycles. The van der Waals surface area contributed by atoms with Gasteiger partial charge in [-0.2, -0.15) is 0 Å². The van der Waals surface area contributed by atoms with E-state index >= 15 is 0 Å². The summed E-state index contributed by atoms with van der Waals surface area (Å²) in [5.41, 5.74) is 1.10. The fourth-order valence-corrected chi connectivity index (χ4v) is 2.23. The second-order valence-corrected chi connectivity index (χ2v) is 5.04. The molecule has 0 aliphatic heterocycles. The molecule has 2 aromatic rings. The van der Waals surface area contributed by atoms with Crippen LogP contribution in [-0.4, -0.2) is 7.11 Å². The third kappa shape index (κ3) is 4.03. The molecule has 0 aliphatic rings. The molecule has 104 valence electrons. The van der Waals surface area contributed by atoms with E-state index in [0.29, 0.717) is 0 Å². The monoisotopic (exact) mass is 266 g/mol. The van der Waals surface area contributed by atoms with Crippen molar-refractivity contribution in [2.24, 2.45) is 0 Å². The van der Waals surface area contributed by atoms with Gasteiger partial charge in [-0.05, 0) is 41.5 Å². The zero-order valence-corrected chi connectivity index (χ0v) is 12.4. The molecule has 0 aliphatic carbocycles. The minimum Gasteiger partial charge on any atom is -0.497 e. The Bertz CT molecular complexity index is 616. The van der Waals surface area contributed by atoms with E-state index in [2.05, 4.69) is 49.1 Å². The van der Waals surface area contributed by atoms with Crippen molar-refractivity contribution < 1.29 is 4.74 Å². The molecule has 0 fully saturated rings. The highest BCUT2D eigenvalue weighted by Crippen LogP contribution is 2.21. The van der Waals surface area contributed by atoms with Crippen molar-refractivity contribution in [3.8, 4) is 17.6 Å². The van der Waals surface area contributed by atoms with Gasteiger partial charge in [-0.3, -0.25) is 0 Å². The first kappa shape index (κ1) is 14.5. The molecule has 1 nitrogen and oxygen atoms in total. The molecular formula is C19H22O. The molecule has 20 heavy (non-hydrogen) atoms. The molecule has 0 amide bonds. The predicted octanol–water partition coefficient (Wildman–Crippen LogP) is 5.17. The summed E-state index contributed by atoms with van der Waals surface area (Å²) in [6, 6.07) is 12.5. The maximum absolute atomic E-state index is 5.24.